The van der Waals surface area contributed by atoms with Gasteiger partial charge in [0.05, 0.1) is 22.0 Å². The highest BCUT2D eigenvalue weighted by Crippen LogP contribution is 2.22. The second-order valence-corrected chi connectivity index (χ2v) is 5.63. The lowest BCUT2D eigenvalue weighted by Crippen LogP contribution is -2.15. The summed E-state index contributed by atoms with van der Waals surface area (Å²) in [6, 6.07) is 0.287. The van der Waals surface area contributed by atoms with Crippen LogP contribution in [0.5, 0.6) is 6.01 Å². The van der Waals surface area contributed by atoms with Crippen molar-refractivity contribution in [2.75, 3.05) is 11.9 Å². The molecule has 0 aliphatic heterocycles. The van der Waals surface area contributed by atoms with Crippen LogP contribution in [0, 0.1) is 13.8 Å². The van der Waals surface area contributed by atoms with Gasteiger partial charge in [0, 0.05) is 6.54 Å². The van der Waals surface area contributed by atoms with Crippen LogP contribution in [0.1, 0.15) is 32.2 Å². The highest BCUT2D eigenvalue weighted by atomic mass is 79.9. The fourth-order valence-electron chi connectivity index (χ4n) is 1.76. The van der Waals surface area contributed by atoms with Crippen LogP contribution in [0.25, 0.3) is 5.95 Å². The average molecular weight is 355 g/mol. The lowest BCUT2D eigenvalue weighted by molar-refractivity contribution is 0.221. The molecule has 0 unspecified atom stereocenters. The van der Waals surface area contributed by atoms with Crippen LogP contribution in [-0.4, -0.2) is 37.4 Å². The summed E-state index contributed by atoms with van der Waals surface area (Å²) in [5.74, 6) is 0.907. The second-order valence-electron chi connectivity index (χ2n) is 4.84. The van der Waals surface area contributed by atoms with Gasteiger partial charge in [-0.1, -0.05) is 0 Å². The van der Waals surface area contributed by atoms with Crippen molar-refractivity contribution in [3.05, 3.63) is 15.9 Å². The third-order valence-electron chi connectivity index (χ3n) is 2.67. The van der Waals surface area contributed by atoms with Crippen molar-refractivity contribution in [2.45, 2.75) is 40.7 Å². The quantitative estimate of drug-likeness (QED) is 0.889. The molecule has 0 spiro atoms. The molecular formula is C13H19BrN6O. The topological polar surface area (TPSA) is 77.8 Å². The highest BCUT2D eigenvalue weighted by Gasteiger charge is 2.16. The van der Waals surface area contributed by atoms with Crippen molar-refractivity contribution < 1.29 is 4.74 Å². The van der Waals surface area contributed by atoms with Gasteiger partial charge in [-0.3, -0.25) is 0 Å². The average Bonchev–Trinajstić information content (AvgIpc) is 2.66. The van der Waals surface area contributed by atoms with Crippen molar-refractivity contribution in [3.63, 3.8) is 0 Å². The Morgan fingerprint density at radius 2 is 1.95 bits per heavy atom. The van der Waals surface area contributed by atoms with Crippen LogP contribution >= 0.6 is 15.9 Å². The van der Waals surface area contributed by atoms with E-state index in [1.165, 1.54) is 0 Å². The van der Waals surface area contributed by atoms with Crippen molar-refractivity contribution >= 4 is 21.9 Å². The Bertz CT molecular complexity index is 640. The number of nitrogens with one attached hydrogen (secondary N) is 1. The van der Waals surface area contributed by atoms with E-state index >= 15 is 0 Å². The van der Waals surface area contributed by atoms with Crippen molar-refractivity contribution in [3.8, 4) is 12.0 Å². The highest BCUT2D eigenvalue weighted by molar-refractivity contribution is 9.10. The molecule has 0 amide bonds. The summed E-state index contributed by atoms with van der Waals surface area (Å²) >= 11 is 3.50. The van der Waals surface area contributed by atoms with Crippen LogP contribution in [-0.2, 0) is 0 Å². The second kappa shape index (κ2) is 6.38. The molecule has 0 aliphatic carbocycles. The van der Waals surface area contributed by atoms with Crippen molar-refractivity contribution in [1.82, 2.24) is 24.7 Å². The van der Waals surface area contributed by atoms with Gasteiger partial charge in [0.15, 0.2) is 0 Å². The fourth-order valence-corrected chi connectivity index (χ4v) is 2.01. The number of nitrogens with zero attached hydrogens (tertiary/aromatic N) is 5. The molecule has 0 saturated carbocycles. The summed E-state index contributed by atoms with van der Waals surface area (Å²) in [5, 5.41) is 7.51. The Kier molecular flexibility index (Phi) is 4.76. The van der Waals surface area contributed by atoms with Gasteiger partial charge in [0.25, 0.3) is 5.95 Å². The third kappa shape index (κ3) is 3.49. The van der Waals surface area contributed by atoms with Gasteiger partial charge in [-0.2, -0.15) is 20.1 Å². The zero-order valence-corrected chi connectivity index (χ0v) is 14.4. The van der Waals surface area contributed by atoms with E-state index in [1.807, 2.05) is 34.6 Å². The van der Waals surface area contributed by atoms with Crippen LogP contribution in [0.3, 0.4) is 0 Å². The number of halogens is 1. The normalized spacial score (nSPS) is 11.0. The maximum atomic E-state index is 5.59. The number of aromatic nitrogens is 5. The summed E-state index contributed by atoms with van der Waals surface area (Å²) in [4.78, 5) is 13.0. The zero-order valence-electron chi connectivity index (χ0n) is 12.8. The maximum absolute atomic E-state index is 5.59. The van der Waals surface area contributed by atoms with E-state index in [0.29, 0.717) is 18.4 Å². The molecule has 2 aromatic heterocycles. The lowest BCUT2D eigenvalue weighted by Gasteiger charge is -2.11. The molecule has 0 fully saturated rings. The molecule has 0 aromatic carbocycles. The molecule has 7 nitrogen and oxygen atoms in total. The molecule has 1 N–H and O–H groups in total. The van der Waals surface area contributed by atoms with E-state index in [4.69, 9.17) is 4.74 Å². The first-order valence-electron chi connectivity index (χ1n) is 6.81. The Morgan fingerprint density at radius 3 is 2.48 bits per heavy atom. The van der Waals surface area contributed by atoms with Gasteiger partial charge in [0.1, 0.15) is 0 Å². The number of anilines is 1. The summed E-state index contributed by atoms with van der Waals surface area (Å²) < 4.78 is 8.20. The van der Waals surface area contributed by atoms with Crippen molar-refractivity contribution in [1.29, 1.82) is 0 Å². The number of rotatable bonds is 5. The van der Waals surface area contributed by atoms with Crippen LogP contribution in [0.2, 0.25) is 0 Å². The van der Waals surface area contributed by atoms with E-state index in [-0.39, 0.29) is 12.1 Å². The van der Waals surface area contributed by atoms with E-state index in [0.717, 1.165) is 15.9 Å². The van der Waals surface area contributed by atoms with E-state index < -0.39 is 0 Å². The monoisotopic (exact) mass is 354 g/mol. The van der Waals surface area contributed by atoms with Gasteiger partial charge < -0.3 is 10.1 Å². The minimum absolute atomic E-state index is 0.0121. The Labute approximate surface area is 132 Å². The number of aryl methyl sites for hydroxylation is 1. The first-order chi connectivity index (χ1) is 9.92. The molecule has 21 heavy (non-hydrogen) atoms. The molecule has 0 bridgehead atoms. The van der Waals surface area contributed by atoms with Crippen LogP contribution in [0.15, 0.2) is 4.47 Å². The largest absolute Gasteiger partial charge is 0.461 e. The molecule has 8 heteroatoms. The molecule has 0 atom stereocenters. The molecule has 0 saturated heterocycles. The van der Waals surface area contributed by atoms with E-state index in [2.05, 4.69) is 41.3 Å². The number of ether oxygens (including phenoxy) is 1. The summed E-state index contributed by atoms with van der Waals surface area (Å²) in [5.41, 5.74) is 1.81. The number of hydrogen-bond acceptors (Lipinski definition) is 6. The first-order valence-corrected chi connectivity index (χ1v) is 7.60. The standard InChI is InChI=1S/C13H19BrN6O/c1-6-15-11-16-12(18-13(17-11)21-7(2)3)20-9(5)10(14)8(4)19-20/h7H,6H2,1-5H3,(H,15,16,17,18). The summed E-state index contributed by atoms with van der Waals surface area (Å²) in [6.07, 6.45) is -0.0121. The molecule has 2 rings (SSSR count). The van der Waals surface area contributed by atoms with Gasteiger partial charge in [-0.15, -0.1) is 0 Å². The molecular weight excluding hydrogens is 336 g/mol. The molecule has 2 heterocycles. The van der Waals surface area contributed by atoms with E-state index in [1.54, 1.807) is 4.68 Å². The van der Waals surface area contributed by atoms with Gasteiger partial charge in [-0.25, -0.2) is 4.68 Å². The zero-order chi connectivity index (χ0) is 15.6. The van der Waals surface area contributed by atoms with Gasteiger partial charge in [-0.05, 0) is 50.5 Å². The minimum Gasteiger partial charge on any atom is -0.461 e. The minimum atomic E-state index is -0.0121. The lowest BCUT2D eigenvalue weighted by atomic mass is 10.4. The molecule has 0 radical (unpaired) electrons. The SMILES string of the molecule is CCNc1nc(OC(C)C)nc(-n2nc(C)c(Br)c2C)n1. The Hall–Kier alpha value is -1.70. The summed E-state index contributed by atoms with van der Waals surface area (Å²) in [6.45, 7) is 10.4. The Balaban J connectivity index is 2.50. The molecule has 114 valence electrons. The summed E-state index contributed by atoms with van der Waals surface area (Å²) in [7, 11) is 0. The van der Waals surface area contributed by atoms with Crippen molar-refractivity contribution in [2.24, 2.45) is 0 Å². The predicted octanol–water partition coefficient (Wildman–Crippen LogP) is 2.66. The maximum Gasteiger partial charge on any atom is 0.323 e. The fraction of sp³-hybridized carbons (Fsp3) is 0.538. The third-order valence-corrected chi connectivity index (χ3v) is 3.82. The van der Waals surface area contributed by atoms with Crippen LogP contribution < -0.4 is 10.1 Å². The van der Waals surface area contributed by atoms with Gasteiger partial charge >= 0.3 is 6.01 Å². The van der Waals surface area contributed by atoms with Gasteiger partial charge in [0.2, 0.25) is 5.95 Å². The smallest absolute Gasteiger partial charge is 0.323 e. The van der Waals surface area contributed by atoms with Crippen LogP contribution in [0.4, 0.5) is 5.95 Å². The number of hydrogen-bond donors (Lipinski definition) is 1. The first kappa shape index (κ1) is 15.7. The molecule has 2 aromatic rings. The Morgan fingerprint density at radius 1 is 1.24 bits per heavy atom. The molecule has 0 aliphatic rings. The predicted molar refractivity (Wildman–Crippen MR) is 84.1 cm³/mol. The van der Waals surface area contributed by atoms with E-state index in [9.17, 15) is 0 Å².